The van der Waals surface area contributed by atoms with Gasteiger partial charge in [0.15, 0.2) is 5.60 Å². The van der Waals surface area contributed by atoms with Crippen LogP contribution in [0.1, 0.15) is 85.4 Å². The number of benzene rings is 1. The van der Waals surface area contributed by atoms with Crippen molar-refractivity contribution in [2.75, 3.05) is 0 Å². The minimum atomic E-state index is -2.00. The fourth-order valence-electron chi connectivity index (χ4n) is 7.42. The minimum absolute atomic E-state index is 0.0814. The van der Waals surface area contributed by atoms with Gasteiger partial charge >= 0.3 is 11.9 Å². The third kappa shape index (κ3) is 4.19. The predicted molar refractivity (Wildman–Crippen MR) is 151 cm³/mol. The molecule has 0 bridgehead atoms. The number of esters is 2. The Labute approximate surface area is 246 Å². The first-order valence-electron chi connectivity index (χ1n) is 14.7. The normalized spacial score (nSPS) is 25.4. The monoisotopic (exact) mass is 589 g/mol. The topological polar surface area (TPSA) is 137 Å². The van der Waals surface area contributed by atoms with Crippen molar-refractivity contribution in [2.45, 2.75) is 90.2 Å². The Hall–Kier alpha value is -4.12. The van der Waals surface area contributed by atoms with Gasteiger partial charge in [-0.3, -0.25) is 14.4 Å². The molecule has 0 radical (unpaired) electrons. The Morgan fingerprint density at radius 1 is 1.14 bits per heavy atom. The van der Waals surface area contributed by atoms with Gasteiger partial charge in [0.1, 0.15) is 18.5 Å². The average molecular weight is 590 g/mol. The van der Waals surface area contributed by atoms with Gasteiger partial charge in [-0.15, -0.1) is 0 Å². The second-order valence-electron chi connectivity index (χ2n) is 12.4. The molecule has 0 spiro atoms. The number of aromatic nitrogens is 2. The molecule has 2 aliphatic heterocycles. The van der Waals surface area contributed by atoms with E-state index in [0.717, 1.165) is 22.1 Å². The first-order chi connectivity index (χ1) is 20.5. The summed E-state index contributed by atoms with van der Waals surface area (Å²) in [5, 5.41) is 15.0. The van der Waals surface area contributed by atoms with Crippen LogP contribution in [0, 0.1) is 18.7 Å². The zero-order valence-corrected chi connectivity index (χ0v) is 24.2. The highest BCUT2D eigenvalue weighted by Crippen LogP contribution is 2.46. The molecule has 1 saturated carbocycles. The maximum Gasteiger partial charge on any atom is 0.342 e. The summed E-state index contributed by atoms with van der Waals surface area (Å²) in [7, 11) is 0. The SMILES string of the molecule is CC(=O)O[C@H]1CC[C@H](C(=O)N[C@H]2CCc3c(C)c(F)cc4nc5c(c2c34)Cn2c-5cc3c(c2=O)COC(=O)[C@@]3(C)O)CC1. The van der Waals surface area contributed by atoms with Crippen molar-refractivity contribution in [3.8, 4) is 11.4 Å². The van der Waals surface area contributed by atoms with Gasteiger partial charge in [0.2, 0.25) is 5.91 Å². The maximum atomic E-state index is 15.1. The molecule has 1 fully saturated rings. The van der Waals surface area contributed by atoms with Gasteiger partial charge in [-0.05, 0) is 75.1 Å². The van der Waals surface area contributed by atoms with Crippen molar-refractivity contribution in [1.82, 2.24) is 14.9 Å². The van der Waals surface area contributed by atoms with Crippen molar-refractivity contribution in [3.05, 3.63) is 61.7 Å². The third-order valence-electron chi connectivity index (χ3n) is 9.70. The number of ether oxygens (including phenoxy) is 2. The number of cyclic esters (lactones) is 1. The molecule has 2 aromatic heterocycles. The molecule has 1 aromatic carbocycles. The molecule has 0 saturated heterocycles. The summed E-state index contributed by atoms with van der Waals surface area (Å²) in [5.74, 6) is -1.84. The lowest BCUT2D eigenvalue weighted by Crippen LogP contribution is -2.42. The number of halogens is 1. The number of carbonyl (C=O) groups excluding carboxylic acids is 3. The molecule has 2 atom stereocenters. The number of rotatable bonds is 3. The standard InChI is InChI=1S/C32H32FN3O7/c1-14-18-8-9-23(35-29(38)16-4-6-17(7-5-16)43-15(2)37)27-19-12-36-25(28(19)34-24(26(18)27)11-22(14)33)10-21-20(30(36)39)13-42-31(40)32(21,3)41/h10-11,16-17,23,41H,4-9,12-13H2,1-3H3,(H,35,38)/t16-,17-,23-,32-/m0/s1. The average Bonchev–Trinajstić information content (AvgIpc) is 3.33. The van der Waals surface area contributed by atoms with Crippen molar-refractivity contribution in [1.29, 1.82) is 0 Å². The number of nitrogens with one attached hydrogen (secondary N) is 1. The van der Waals surface area contributed by atoms with E-state index < -0.39 is 17.1 Å². The van der Waals surface area contributed by atoms with Crippen molar-refractivity contribution in [3.63, 3.8) is 0 Å². The molecule has 10 nitrogen and oxygen atoms in total. The van der Waals surface area contributed by atoms with Crippen LogP contribution >= 0.6 is 0 Å². The molecule has 43 heavy (non-hydrogen) atoms. The van der Waals surface area contributed by atoms with Gasteiger partial charge in [-0.1, -0.05) is 0 Å². The first-order valence-corrected chi connectivity index (χ1v) is 14.7. The van der Waals surface area contributed by atoms with E-state index in [1.165, 1.54) is 19.9 Å². The largest absolute Gasteiger partial charge is 0.463 e. The number of carbonyl (C=O) groups is 3. The van der Waals surface area contributed by atoms with Gasteiger partial charge in [0, 0.05) is 35.4 Å². The summed E-state index contributed by atoms with van der Waals surface area (Å²) >= 11 is 0. The molecule has 1 amide bonds. The van der Waals surface area contributed by atoms with Gasteiger partial charge in [-0.25, -0.2) is 14.2 Å². The molecule has 4 heterocycles. The smallest absolute Gasteiger partial charge is 0.342 e. The Morgan fingerprint density at radius 2 is 1.88 bits per heavy atom. The van der Waals surface area contributed by atoms with Gasteiger partial charge in [-0.2, -0.15) is 0 Å². The van der Waals surface area contributed by atoms with Crippen LogP contribution < -0.4 is 10.9 Å². The van der Waals surface area contributed by atoms with Crippen LogP contribution in [0.3, 0.4) is 0 Å². The van der Waals surface area contributed by atoms with Crippen molar-refractivity contribution >= 4 is 28.7 Å². The van der Waals surface area contributed by atoms with E-state index in [0.29, 0.717) is 61.0 Å². The van der Waals surface area contributed by atoms with E-state index in [4.69, 9.17) is 14.5 Å². The van der Waals surface area contributed by atoms with Crippen LogP contribution in [0.4, 0.5) is 4.39 Å². The van der Waals surface area contributed by atoms with E-state index >= 15 is 4.39 Å². The Morgan fingerprint density at radius 3 is 2.60 bits per heavy atom. The summed E-state index contributed by atoms with van der Waals surface area (Å²) in [5.41, 5.74) is 2.28. The second-order valence-corrected chi connectivity index (χ2v) is 12.4. The molecule has 2 aliphatic carbocycles. The number of hydrogen-bond donors (Lipinski definition) is 2. The van der Waals surface area contributed by atoms with Crippen LogP contribution in [0.15, 0.2) is 16.9 Å². The lowest BCUT2D eigenvalue weighted by atomic mass is 9.81. The van der Waals surface area contributed by atoms with Gasteiger partial charge in [0.25, 0.3) is 5.56 Å². The van der Waals surface area contributed by atoms with E-state index in [2.05, 4.69) is 5.32 Å². The number of pyridine rings is 2. The zero-order chi connectivity index (χ0) is 30.4. The number of aryl methyl sites for hydroxylation is 1. The number of hydrogen-bond acceptors (Lipinski definition) is 8. The fourth-order valence-corrected chi connectivity index (χ4v) is 7.42. The van der Waals surface area contributed by atoms with Crippen LogP contribution in [0.2, 0.25) is 0 Å². The highest BCUT2D eigenvalue weighted by atomic mass is 19.1. The lowest BCUT2D eigenvalue weighted by molar-refractivity contribution is -0.169. The highest BCUT2D eigenvalue weighted by Gasteiger charge is 2.44. The summed E-state index contributed by atoms with van der Waals surface area (Å²) < 4.78 is 27.1. The van der Waals surface area contributed by atoms with Crippen LogP contribution in [0.25, 0.3) is 22.3 Å². The molecule has 3 aromatic rings. The van der Waals surface area contributed by atoms with Crippen molar-refractivity contribution in [2.24, 2.45) is 5.92 Å². The molecular formula is C32H32FN3O7. The van der Waals surface area contributed by atoms with Crippen LogP contribution in [-0.2, 0) is 49.0 Å². The highest BCUT2D eigenvalue weighted by molar-refractivity contribution is 5.94. The van der Waals surface area contributed by atoms with Gasteiger partial charge in [0.05, 0.1) is 35.1 Å². The Balaban J connectivity index is 1.32. The van der Waals surface area contributed by atoms with E-state index in [1.807, 2.05) is 0 Å². The zero-order valence-electron chi connectivity index (χ0n) is 24.2. The number of aliphatic hydroxyl groups is 1. The second kappa shape index (κ2) is 9.70. The number of fused-ring (bicyclic) bond motifs is 5. The summed E-state index contributed by atoms with van der Waals surface area (Å²) in [4.78, 5) is 55.8. The van der Waals surface area contributed by atoms with E-state index in [9.17, 15) is 24.3 Å². The number of nitrogens with zero attached hydrogens (tertiary/aromatic N) is 2. The third-order valence-corrected chi connectivity index (χ3v) is 9.70. The minimum Gasteiger partial charge on any atom is -0.463 e. The predicted octanol–water partition coefficient (Wildman–Crippen LogP) is 3.36. The summed E-state index contributed by atoms with van der Waals surface area (Å²) in [6, 6.07) is 2.62. The van der Waals surface area contributed by atoms with Crippen LogP contribution in [-0.4, -0.2) is 38.6 Å². The molecule has 224 valence electrons. The van der Waals surface area contributed by atoms with E-state index in [1.54, 1.807) is 17.6 Å². The molecule has 11 heteroatoms. The van der Waals surface area contributed by atoms with Crippen molar-refractivity contribution < 1.29 is 33.4 Å². The summed E-state index contributed by atoms with van der Waals surface area (Å²) in [6.45, 7) is 4.37. The quantitative estimate of drug-likeness (QED) is 0.347. The fraction of sp³-hybridized carbons (Fsp3) is 0.469. The molecule has 7 rings (SSSR count). The molecule has 2 N–H and O–H groups in total. The lowest BCUT2D eigenvalue weighted by Gasteiger charge is -2.32. The van der Waals surface area contributed by atoms with E-state index in [-0.39, 0.29) is 60.0 Å². The molecule has 4 aliphatic rings. The van der Waals surface area contributed by atoms with Crippen LogP contribution in [0.5, 0.6) is 0 Å². The number of amides is 1. The Kier molecular flexibility index (Phi) is 6.25. The maximum absolute atomic E-state index is 15.1. The van der Waals surface area contributed by atoms with Gasteiger partial charge < -0.3 is 24.5 Å². The first kappa shape index (κ1) is 27.7. The molecular weight excluding hydrogens is 557 g/mol. The summed E-state index contributed by atoms with van der Waals surface area (Å²) in [6.07, 6.45) is 3.39. The molecule has 0 unspecified atom stereocenters. The Bertz CT molecular complexity index is 1820.